The second-order valence-electron chi connectivity index (χ2n) is 9.16. The van der Waals surface area contributed by atoms with Crippen molar-refractivity contribution in [1.29, 1.82) is 0 Å². The zero-order valence-corrected chi connectivity index (χ0v) is 21.3. The van der Waals surface area contributed by atoms with Crippen molar-refractivity contribution in [3.63, 3.8) is 0 Å². The minimum Gasteiger partial charge on any atom is -0.464 e. The number of aliphatic hydroxyl groups excluding tert-OH is 2. The molecule has 35 heavy (non-hydrogen) atoms. The molecule has 2 amide bonds. The maximum Gasteiger partial charge on any atom is 0.331 e. The molecular formula is C25H44N2O8. The predicted molar refractivity (Wildman–Crippen MR) is 129 cm³/mol. The Morgan fingerprint density at radius 1 is 0.714 bits per heavy atom. The zero-order valence-electron chi connectivity index (χ0n) is 21.3. The lowest BCUT2D eigenvalue weighted by Gasteiger charge is -2.29. The normalized spacial score (nSPS) is 16.2. The Morgan fingerprint density at radius 3 is 1.46 bits per heavy atom. The molecule has 0 aromatic heterocycles. The Hall–Kier alpha value is -2.20. The first kappa shape index (κ1) is 30.8. The van der Waals surface area contributed by atoms with Crippen LogP contribution in [0.4, 0.5) is 0 Å². The Bertz CT molecular complexity index is 614. The quantitative estimate of drug-likeness (QED) is 0.126. The van der Waals surface area contributed by atoms with Crippen LogP contribution < -0.4 is 10.6 Å². The maximum absolute atomic E-state index is 13.1. The zero-order chi connectivity index (χ0) is 26.1. The van der Waals surface area contributed by atoms with Crippen LogP contribution >= 0.6 is 0 Å². The van der Waals surface area contributed by atoms with Gasteiger partial charge in [-0.25, -0.2) is 9.59 Å². The molecule has 0 bridgehead atoms. The summed E-state index contributed by atoms with van der Waals surface area (Å²) in [5, 5.41) is 24.2. The Balaban J connectivity index is 2.72. The van der Waals surface area contributed by atoms with E-state index < -0.39 is 54.5 Å². The summed E-state index contributed by atoms with van der Waals surface area (Å²) in [6, 6.07) is -2.58. The van der Waals surface area contributed by atoms with Gasteiger partial charge in [-0.2, -0.15) is 0 Å². The van der Waals surface area contributed by atoms with E-state index in [0.717, 1.165) is 38.5 Å². The number of carbonyl (C=O) groups excluding carboxylic acids is 4. The molecule has 2 atom stereocenters. The Labute approximate surface area is 208 Å². The molecule has 1 rings (SSSR count). The summed E-state index contributed by atoms with van der Waals surface area (Å²) in [6.07, 6.45) is 9.00. The highest BCUT2D eigenvalue weighted by Crippen LogP contribution is 2.39. The van der Waals surface area contributed by atoms with Gasteiger partial charge in [0.05, 0.1) is 26.4 Å². The summed E-state index contributed by atoms with van der Waals surface area (Å²) in [5.41, 5.74) is -1.51. The molecule has 1 saturated carbocycles. The number of aliphatic hydroxyl groups is 2. The van der Waals surface area contributed by atoms with Crippen LogP contribution in [-0.4, -0.2) is 72.5 Å². The molecule has 4 N–H and O–H groups in total. The summed E-state index contributed by atoms with van der Waals surface area (Å²) in [7, 11) is 0. The van der Waals surface area contributed by atoms with Gasteiger partial charge in [0.2, 0.25) is 11.8 Å². The smallest absolute Gasteiger partial charge is 0.331 e. The predicted octanol–water partition coefficient (Wildman–Crippen LogP) is 1.75. The number of hydrogen-bond donors (Lipinski definition) is 4. The van der Waals surface area contributed by atoms with E-state index in [1.54, 1.807) is 0 Å². The van der Waals surface area contributed by atoms with Gasteiger partial charge < -0.3 is 30.3 Å². The summed E-state index contributed by atoms with van der Waals surface area (Å²) in [5.74, 6) is -2.94. The standard InChI is InChI=1S/C25H44N2O8/c1-3-5-7-11-15-34-21(30)19(17-28)26-23(32)25(13-9-10-14-25)24(33)27-20(18-29)22(31)35-16-12-8-6-4-2/h19-20,28-29H,3-18H2,1-2H3,(H,26,32)(H,27,33)/t19-,20-/m1/s1. The van der Waals surface area contributed by atoms with E-state index in [4.69, 9.17) is 9.47 Å². The van der Waals surface area contributed by atoms with Crippen molar-refractivity contribution in [1.82, 2.24) is 10.6 Å². The van der Waals surface area contributed by atoms with E-state index in [2.05, 4.69) is 24.5 Å². The van der Waals surface area contributed by atoms with Crippen molar-refractivity contribution in [3.05, 3.63) is 0 Å². The minimum atomic E-state index is -1.51. The average molecular weight is 501 g/mol. The van der Waals surface area contributed by atoms with Crippen molar-refractivity contribution in [2.75, 3.05) is 26.4 Å². The first-order valence-corrected chi connectivity index (χ1v) is 13.0. The molecule has 0 aliphatic heterocycles. The summed E-state index contributed by atoms with van der Waals surface area (Å²) < 4.78 is 10.3. The van der Waals surface area contributed by atoms with Gasteiger partial charge >= 0.3 is 11.9 Å². The van der Waals surface area contributed by atoms with Gasteiger partial charge in [0.25, 0.3) is 0 Å². The number of amides is 2. The molecule has 0 unspecified atom stereocenters. The van der Waals surface area contributed by atoms with Crippen molar-refractivity contribution in [2.45, 2.75) is 103 Å². The van der Waals surface area contributed by atoms with Gasteiger partial charge in [0, 0.05) is 0 Å². The molecular weight excluding hydrogens is 456 g/mol. The van der Waals surface area contributed by atoms with E-state index in [0.29, 0.717) is 25.7 Å². The van der Waals surface area contributed by atoms with Crippen LogP contribution in [0.25, 0.3) is 0 Å². The van der Waals surface area contributed by atoms with Gasteiger partial charge in [0.1, 0.15) is 5.41 Å². The van der Waals surface area contributed by atoms with Gasteiger partial charge in [-0.15, -0.1) is 0 Å². The van der Waals surface area contributed by atoms with Gasteiger partial charge in [-0.1, -0.05) is 65.2 Å². The first-order chi connectivity index (χ1) is 16.9. The number of carbonyl (C=O) groups is 4. The highest BCUT2D eigenvalue weighted by Gasteiger charge is 2.49. The van der Waals surface area contributed by atoms with Gasteiger partial charge in [-0.05, 0) is 25.7 Å². The third-order valence-electron chi connectivity index (χ3n) is 6.36. The van der Waals surface area contributed by atoms with Crippen LogP contribution in [-0.2, 0) is 28.7 Å². The second-order valence-corrected chi connectivity index (χ2v) is 9.16. The highest BCUT2D eigenvalue weighted by atomic mass is 16.5. The first-order valence-electron chi connectivity index (χ1n) is 13.0. The van der Waals surface area contributed by atoms with E-state index in [1.165, 1.54) is 0 Å². The SMILES string of the molecule is CCCCCCOC(=O)[C@@H](CO)NC(=O)C1(C(=O)N[C@H](CO)C(=O)OCCCCCC)CCCC1. The molecule has 1 fully saturated rings. The molecule has 1 aliphatic carbocycles. The molecule has 0 saturated heterocycles. The Kier molecular flexibility index (Phi) is 15.2. The van der Waals surface area contributed by atoms with Crippen molar-refractivity contribution < 1.29 is 38.9 Å². The molecule has 0 radical (unpaired) electrons. The lowest BCUT2D eigenvalue weighted by molar-refractivity contribution is -0.155. The fraction of sp³-hybridized carbons (Fsp3) is 0.840. The molecule has 0 aromatic rings. The van der Waals surface area contributed by atoms with Crippen LogP contribution in [0.15, 0.2) is 0 Å². The third kappa shape index (κ3) is 10.1. The lowest BCUT2D eigenvalue weighted by atomic mass is 9.83. The number of esters is 2. The monoisotopic (exact) mass is 500 g/mol. The van der Waals surface area contributed by atoms with Crippen LogP contribution in [0.1, 0.15) is 90.9 Å². The lowest BCUT2D eigenvalue weighted by Crippen LogP contribution is -2.57. The average Bonchev–Trinajstić information content (AvgIpc) is 3.36. The molecule has 10 heteroatoms. The maximum atomic E-state index is 13.1. The number of hydrogen-bond acceptors (Lipinski definition) is 8. The van der Waals surface area contributed by atoms with Gasteiger partial charge in [-0.3, -0.25) is 9.59 Å². The van der Waals surface area contributed by atoms with E-state index in [9.17, 15) is 29.4 Å². The third-order valence-corrected chi connectivity index (χ3v) is 6.36. The second kappa shape index (κ2) is 17.3. The van der Waals surface area contributed by atoms with E-state index >= 15 is 0 Å². The van der Waals surface area contributed by atoms with Crippen molar-refractivity contribution in [3.8, 4) is 0 Å². The molecule has 202 valence electrons. The number of rotatable bonds is 18. The Morgan fingerprint density at radius 2 is 1.11 bits per heavy atom. The number of unbranched alkanes of at least 4 members (excludes halogenated alkanes) is 6. The summed E-state index contributed by atoms with van der Waals surface area (Å²) in [4.78, 5) is 50.9. The largest absolute Gasteiger partial charge is 0.464 e. The topological polar surface area (TPSA) is 151 Å². The molecule has 10 nitrogen and oxygen atoms in total. The van der Waals surface area contributed by atoms with Gasteiger partial charge in [0.15, 0.2) is 12.1 Å². The molecule has 0 heterocycles. The van der Waals surface area contributed by atoms with Crippen LogP contribution in [0.2, 0.25) is 0 Å². The molecule has 0 spiro atoms. The molecule has 0 aromatic carbocycles. The van der Waals surface area contributed by atoms with Crippen LogP contribution in [0, 0.1) is 5.41 Å². The van der Waals surface area contributed by atoms with E-state index in [-0.39, 0.29) is 26.1 Å². The van der Waals surface area contributed by atoms with Crippen LogP contribution in [0.3, 0.4) is 0 Å². The molecule has 1 aliphatic rings. The van der Waals surface area contributed by atoms with Crippen molar-refractivity contribution in [2.24, 2.45) is 5.41 Å². The minimum absolute atomic E-state index is 0.190. The summed E-state index contributed by atoms with van der Waals surface area (Å²) >= 11 is 0. The fourth-order valence-electron chi connectivity index (χ4n) is 4.09. The number of ether oxygens (including phenoxy) is 2. The highest BCUT2D eigenvalue weighted by molar-refractivity contribution is 6.07. The number of nitrogens with one attached hydrogen (secondary N) is 2. The fourth-order valence-corrected chi connectivity index (χ4v) is 4.09. The van der Waals surface area contributed by atoms with E-state index in [1.807, 2.05) is 0 Å². The van der Waals surface area contributed by atoms with Crippen LogP contribution in [0.5, 0.6) is 0 Å². The summed E-state index contributed by atoms with van der Waals surface area (Å²) in [6.45, 7) is 3.18. The van der Waals surface area contributed by atoms with Crippen molar-refractivity contribution >= 4 is 23.8 Å².